The van der Waals surface area contributed by atoms with Crippen molar-refractivity contribution in [2.75, 3.05) is 5.32 Å². The molecule has 6 heteroatoms. The van der Waals surface area contributed by atoms with Crippen molar-refractivity contribution in [3.63, 3.8) is 0 Å². The first-order chi connectivity index (χ1) is 8.49. The molecule has 0 spiro atoms. The molecule has 0 aliphatic heterocycles. The fourth-order valence-corrected chi connectivity index (χ4v) is 2.60. The summed E-state index contributed by atoms with van der Waals surface area (Å²) in [6, 6.07) is 1.37. The number of carboxylic acids is 1. The third-order valence-electron chi connectivity index (χ3n) is 3.30. The molecule has 0 unspecified atom stereocenters. The molecule has 18 heavy (non-hydrogen) atoms. The summed E-state index contributed by atoms with van der Waals surface area (Å²) >= 11 is 0. The monoisotopic (exact) mass is 251 g/mol. The Bertz CT molecular complexity index is 504. The van der Waals surface area contributed by atoms with Crippen LogP contribution in [0.1, 0.15) is 37.9 Å². The van der Waals surface area contributed by atoms with Crippen LogP contribution in [0.5, 0.6) is 0 Å². The topological polar surface area (TPSA) is 95.1 Å². The van der Waals surface area contributed by atoms with Crippen LogP contribution >= 0.6 is 0 Å². The number of aliphatic carboxylic acids is 1. The van der Waals surface area contributed by atoms with Crippen molar-refractivity contribution in [2.24, 2.45) is 0 Å². The molecule has 1 aromatic heterocycles. The van der Waals surface area contributed by atoms with Crippen molar-refractivity contribution in [1.29, 1.82) is 0 Å². The van der Waals surface area contributed by atoms with Crippen molar-refractivity contribution in [2.45, 2.75) is 44.6 Å². The number of aromatic nitrogens is 2. The first kappa shape index (κ1) is 12.6. The number of carbonyl (C=O) groups is 1. The minimum Gasteiger partial charge on any atom is -0.481 e. The van der Waals surface area contributed by atoms with E-state index in [4.69, 9.17) is 5.11 Å². The van der Waals surface area contributed by atoms with Crippen LogP contribution in [0.4, 0.5) is 5.82 Å². The Morgan fingerprint density at radius 1 is 1.56 bits per heavy atom. The van der Waals surface area contributed by atoms with Gasteiger partial charge in [0.05, 0.1) is 6.42 Å². The number of nitrogens with one attached hydrogen (secondary N) is 2. The Morgan fingerprint density at radius 2 is 2.22 bits per heavy atom. The largest absolute Gasteiger partial charge is 0.481 e. The van der Waals surface area contributed by atoms with Gasteiger partial charge in [-0.25, -0.2) is 4.98 Å². The standard InChI is InChI=1S/C12H17N3O3/c1-8-13-9(6-10(16)14-8)15-12(7-11(17)18)4-2-3-5-12/h6H,2-5,7H2,1H3,(H,17,18)(H2,13,14,15,16). The molecule has 98 valence electrons. The van der Waals surface area contributed by atoms with Crippen molar-refractivity contribution in [3.8, 4) is 0 Å². The van der Waals surface area contributed by atoms with Gasteiger partial charge in [-0.2, -0.15) is 0 Å². The van der Waals surface area contributed by atoms with Crippen LogP contribution in [-0.4, -0.2) is 26.6 Å². The van der Waals surface area contributed by atoms with E-state index in [2.05, 4.69) is 15.3 Å². The molecule has 1 aromatic rings. The SMILES string of the molecule is Cc1nc(NC2(CC(=O)O)CCCC2)cc(=O)[nH]1. The molecular formula is C12H17N3O3. The molecule has 1 aliphatic rings. The van der Waals surface area contributed by atoms with E-state index < -0.39 is 11.5 Å². The Morgan fingerprint density at radius 3 is 2.78 bits per heavy atom. The fourth-order valence-electron chi connectivity index (χ4n) is 2.60. The van der Waals surface area contributed by atoms with Gasteiger partial charge < -0.3 is 15.4 Å². The number of anilines is 1. The third kappa shape index (κ3) is 2.88. The predicted molar refractivity (Wildman–Crippen MR) is 66.7 cm³/mol. The first-order valence-corrected chi connectivity index (χ1v) is 6.07. The van der Waals surface area contributed by atoms with Gasteiger partial charge in [0.2, 0.25) is 0 Å². The molecule has 1 saturated carbocycles. The summed E-state index contributed by atoms with van der Waals surface area (Å²) in [5.74, 6) is 0.152. The Labute approximate surface area is 104 Å². The van der Waals surface area contributed by atoms with Gasteiger partial charge in [-0.1, -0.05) is 12.8 Å². The Hall–Kier alpha value is -1.85. The Balaban J connectivity index is 2.23. The van der Waals surface area contributed by atoms with Gasteiger partial charge in [-0.05, 0) is 19.8 Å². The molecule has 0 amide bonds. The minimum atomic E-state index is -0.828. The quantitative estimate of drug-likeness (QED) is 0.749. The van der Waals surface area contributed by atoms with Gasteiger partial charge in [-0.3, -0.25) is 9.59 Å². The number of hydrogen-bond acceptors (Lipinski definition) is 4. The number of nitrogens with zero attached hydrogens (tertiary/aromatic N) is 1. The summed E-state index contributed by atoms with van der Waals surface area (Å²) in [6.45, 7) is 1.70. The second-order valence-corrected chi connectivity index (χ2v) is 4.90. The molecule has 3 N–H and O–H groups in total. The summed E-state index contributed by atoms with van der Waals surface area (Å²) in [4.78, 5) is 29.1. The summed E-state index contributed by atoms with van der Waals surface area (Å²) in [5, 5.41) is 12.2. The maximum Gasteiger partial charge on any atom is 0.305 e. The lowest BCUT2D eigenvalue weighted by Crippen LogP contribution is -2.38. The number of hydrogen-bond donors (Lipinski definition) is 3. The smallest absolute Gasteiger partial charge is 0.305 e. The molecule has 0 aromatic carbocycles. The molecular weight excluding hydrogens is 234 g/mol. The van der Waals surface area contributed by atoms with E-state index in [9.17, 15) is 9.59 Å². The van der Waals surface area contributed by atoms with Gasteiger partial charge in [-0.15, -0.1) is 0 Å². The van der Waals surface area contributed by atoms with Gasteiger partial charge in [0.15, 0.2) is 0 Å². The van der Waals surface area contributed by atoms with Crippen molar-refractivity contribution >= 4 is 11.8 Å². The second-order valence-electron chi connectivity index (χ2n) is 4.90. The molecule has 1 heterocycles. The summed E-state index contributed by atoms with van der Waals surface area (Å²) in [5.41, 5.74) is -0.688. The Kier molecular flexibility index (Phi) is 3.36. The molecule has 0 saturated heterocycles. The number of aryl methyl sites for hydroxylation is 1. The normalized spacial score (nSPS) is 17.6. The molecule has 6 nitrogen and oxygen atoms in total. The molecule has 2 rings (SSSR count). The number of H-pyrrole nitrogens is 1. The van der Waals surface area contributed by atoms with Crippen LogP contribution in [-0.2, 0) is 4.79 Å². The number of aromatic amines is 1. The second kappa shape index (κ2) is 4.80. The maximum atomic E-state index is 11.4. The highest BCUT2D eigenvalue weighted by Crippen LogP contribution is 2.35. The van der Waals surface area contributed by atoms with Crippen LogP contribution in [0.15, 0.2) is 10.9 Å². The van der Waals surface area contributed by atoms with Crippen LogP contribution in [0.3, 0.4) is 0 Å². The fraction of sp³-hybridized carbons (Fsp3) is 0.583. The lowest BCUT2D eigenvalue weighted by molar-refractivity contribution is -0.138. The summed E-state index contributed by atoms with van der Waals surface area (Å²) in [6.07, 6.45) is 3.66. The number of carboxylic acid groups (broad SMARTS) is 1. The van der Waals surface area contributed by atoms with E-state index in [1.165, 1.54) is 6.07 Å². The lowest BCUT2D eigenvalue weighted by atomic mass is 9.93. The van der Waals surface area contributed by atoms with Crippen LogP contribution in [0, 0.1) is 6.92 Å². The maximum absolute atomic E-state index is 11.4. The molecule has 0 radical (unpaired) electrons. The van der Waals surface area contributed by atoms with Crippen LogP contribution < -0.4 is 10.9 Å². The van der Waals surface area contributed by atoms with Crippen molar-refractivity contribution in [3.05, 3.63) is 22.2 Å². The van der Waals surface area contributed by atoms with E-state index >= 15 is 0 Å². The number of rotatable bonds is 4. The van der Waals surface area contributed by atoms with Gasteiger partial charge in [0.25, 0.3) is 5.56 Å². The highest BCUT2D eigenvalue weighted by atomic mass is 16.4. The molecule has 0 bridgehead atoms. The van der Waals surface area contributed by atoms with Crippen molar-refractivity contribution in [1.82, 2.24) is 9.97 Å². The van der Waals surface area contributed by atoms with Gasteiger partial charge >= 0.3 is 5.97 Å². The van der Waals surface area contributed by atoms with Crippen molar-refractivity contribution < 1.29 is 9.90 Å². The van der Waals surface area contributed by atoms with Crippen LogP contribution in [0.2, 0.25) is 0 Å². The minimum absolute atomic E-state index is 0.0561. The first-order valence-electron chi connectivity index (χ1n) is 6.07. The van der Waals surface area contributed by atoms with Gasteiger partial charge in [0.1, 0.15) is 11.6 Å². The van der Waals surface area contributed by atoms with E-state index in [0.717, 1.165) is 25.7 Å². The van der Waals surface area contributed by atoms with E-state index in [-0.39, 0.29) is 12.0 Å². The van der Waals surface area contributed by atoms with E-state index in [1.807, 2.05) is 0 Å². The molecule has 0 atom stereocenters. The van der Waals surface area contributed by atoms with Gasteiger partial charge in [0, 0.05) is 11.6 Å². The lowest BCUT2D eigenvalue weighted by Gasteiger charge is -2.29. The zero-order chi connectivity index (χ0) is 13.2. The summed E-state index contributed by atoms with van der Waals surface area (Å²) in [7, 11) is 0. The van der Waals surface area contributed by atoms with Crippen LogP contribution in [0.25, 0.3) is 0 Å². The zero-order valence-corrected chi connectivity index (χ0v) is 10.3. The third-order valence-corrected chi connectivity index (χ3v) is 3.30. The average molecular weight is 251 g/mol. The molecule has 1 fully saturated rings. The van der Waals surface area contributed by atoms with E-state index in [0.29, 0.717) is 11.6 Å². The zero-order valence-electron chi connectivity index (χ0n) is 10.3. The highest BCUT2D eigenvalue weighted by Gasteiger charge is 2.36. The van der Waals surface area contributed by atoms with E-state index in [1.54, 1.807) is 6.92 Å². The predicted octanol–water partition coefficient (Wildman–Crippen LogP) is 1.28. The average Bonchev–Trinajstić information content (AvgIpc) is 2.63. The highest BCUT2D eigenvalue weighted by molar-refractivity contribution is 5.69. The molecule has 1 aliphatic carbocycles. The summed E-state index contributed by atoms with van der Waals surface area (Å²) < 4.78 is 0.